The molecule has 1 saturated heterocycles. The van der Waals surface area contributed by atoms with Crippen LogP contribution in [0.25, 0.3) is 43.6 Å². The molecule has 1 aliphatic heterocycles. The minimum Gasteiger partial charge on any atom is -0.372 e. The Bertz CT molecular complexity index is 1630. The number of hydrogen-bond donors (Lipinski definition) is 0. The first-order chi connectivity index (χ1) is 17.7. The van der Waals surface area contributed by atoms with E-state index < -0.39 is 0 Å². The highest BCUT2D eigenvalue weighted by molar-refractivity contribution is 6.09. The van der Waals surface area contributed by atoms with Crippen LogP contribution in [0.4, 0.5) is 8.78 Å². The summed E-state index contributed by atoms with van der Waals surface area (Å²) in [5, 5.41) is 3.82. The molecule has 36 heavy (non-hydrogen) atoms. The molecular weight excluding hydrogens is 458 g/mol. The lowest BCUT2D eigenvalue weighted by Crippen LogP contribution is -2.27. The highest BCUT2D eigenvalue weighted by Crippen LogP contribution is 2.32. The van der Waals surface area contributed by atoms with Gasteiger partial charge in [0.25, 0.3) is 0 Å². The van der Waals surface area contributed by atoms with Crippen LogP contribution < -0.4 is 0 Å². The molecule has 6 aromatic rings. The lowest BCUT2D eigenvalue weighted by atomic mass is 10.1. The van der Waals surface area contributed by atoms with Crippen molar-refractivity contribution in [1.29, 1.82) is 0 Å². The first-order valence-electron chi connectivity index (χ1n) is 12.2. The second-order valence-electron chi connectivity index (χ2n) is 9.49. The van der Waals surface area contributed by atoms with Crippen LogP contribution in [0.3, 0.4) is 0 Å². The molecule has 0 N–H and O–H groups in total. The largest absolute Gasteiger partial charge is 0.372 e. The summed E-state index contributed by atoms with van der Waals surface area (Å²) in [6.45, 7) is 2.40. The molecule has 1 unspecified atom stereocenters. The molecule has 6 heteroatoms. The van der Waals surface area contributed by atoms with Crippen molar-refractivity contribution in [3.8, 4) is 0 Å². The van der Waals surface area contributed by atoms with Gasteiger partial charge in [0.05, 0.1) is 32.4 Å². The van der Waals surface area contributed by atoms with E-state index in [0.29, 0.717) is 19.7 Å². The second-order valence-corrected chi connectivity index (χ2v) is 9.49. The van der Waals surface area contributed by atoms with E-state index in [4.69, 9.17) is 9.47 Å². The van der Waals surface area contributed by atoms with Gasteiger partial charge < -0.3 is 18.6 Å². The van der Waals surface area contributed by atoms with E-state index in [1.165, 1.54) is 12.1 Å². The zero-order valence-corrected chi connectivity index (χ0v) is 19.5. The van der Waals surface area contributed by atoms with E-state index in [-0.39, 0.29) is 23.8 Å². The highest BCUT2D eigenvalue weighted by Gasteiger charge is 2.26. The van der Waals surface area contributed by atoms with Crippen molar-refractivity contribution in [3.63, 3.8) is 0 Å². The van der Waals surface area contributed by atoms with Crippen molar-refractivity contribution >= 4 is 43.6 Å². The fourth-order valence-electron chi connectivity index (χ4n) is 5.42. The molecule has 1 fully saturated rings. The van der Waals surface area contributed by atoms with Crippen LogP contribution in [0.15, 0.2) is 84.9 Å². The Balaban J connectivity index is 1.34. The predicted octanol–water partition coefficient (Wildman–Crippen LogP) is 6.66. The van der Waals surface area contributed by atoms with Crippen molar-refractivity contribution < 1.29 is 18.3 Å². The second kappa shape index (κ2) is 8.43. The smallest absolute Gasteiger partial charge is 0.123 e. The summed E-state index contributed by atoms with van der Waals surface area (Å²) in [7, 11) is 0. The molecule has 0 spiro atoms. The molecule has 2 aromatic heterocycles. The van der Waals surface area contributed by atoms with Crippen molar-refractivity contribution in [2.24, 2.45) is 0 Å². The number of para-hydroxylation sites is 2. The average Bonchev–Trinajstić information content (AvgIpc) is 3.62. The Kier molecular flexibility index (Phi) is 5.04. The summed E-state index contributed by atoms with van der Waals surface area (Å²) in [5.74, 6) is -0.497. The summed E-state index contributed by atoms with van der Waals surface area (Å²) in [6, 6.07) is 26.1. The highest BCUT2D eigenvalue weighted by atomic mass is 19.1. The fraction of sp³-hybridized carbons (Fsp3) is 0.200. The molecule has 0 aliphatic carbocycles. The van der Waals surface area contributed by atoms with Crippen LogP contribution in [0, 0.1) is 11.6 Å². The van der Waals surface area contributed by atoms with Crippen molar-refractivity contribution in [2.75, 3.05) is 13.2 Å². The van der Waals surface area contributed by atoms with Crippen molar-refractivity contribution in [3.05, 3.63) is 96.6 Å². The summed E-state index contributed by atoms with van der Waals surface area (Å²) < 4.78 is 44.6. The number of nitrogens with zero attached hydrogens (tertiary/aromatic N) is 2. The van der Waals surface area contributed by atoms with Crippen LogP contribution in [0.2, 0.25) is 0 Å². The fourth-order valence-corrected chi connectivity index (χ4v) is 5.42. The normalized spacial score (nSPS) is 15.7. The van der Waals surface area contributed by atoms with Gasteiger partial charge in [0.2, 0.25) is 0 Å². The van der Waals surface area contributed by atoms with Gasteiger partial charge in [0.1, 0.15) is 17.7 Å². The van der Waals surface area contributed by atoms with Crippen molar-refractivity contribution in [2.45, 2.75) is 25.3 Å². The SMILES string of the molecule is Fc1ccc2c(c1)c1ccccc1n2CC(Cn1c2ccccc2c2cc(F)ccc21)OCC1CO1. The first-order valence-corrected chi connectivity index (χ1v) is 12.2. The molecule has 7 rings (SSSR count). The van der Waals surface area contributed by atoms with E-state index in [0.717, 1.165) is 50.2 Å². The molecule has 3 heterocycles. The van der Waals surface area contributed by atoms with Gasteiger partial charge in [-0.25, -0.2) is 8.78 Å². The molecule has 4 nitrogen and oxygen atoms in total. The number of halogens is 2. The zero-order valence-electron chi connectivity index (χ0n) is 19.5. The van der Waals surface area contributed by atoms with Gasteiger partial charge in [-0.05, 0) is 48.5 Å². The third-order valence-electron chi connectivity index (χ3n) is 7.16. The van der Waals surface area contributed by atoms with Gasteiger partial charge >= 0.3 is 0 Å². The van der Waals surface area contributed by atoms with Crippen LogP contribution in [0.5, 0.6) is 0 Å². The topological polar surface area (TPSA) is 31.6 Å². The monoisotopic (exact) mass is 482 g/mol. The van der Waals surface area contributed by atoms with Crippen LogP contribution >= 0.6 is 0 Å². The van der Waals surface area contributed by atoms with E-state index in [1.807, 2.05) is 48.5 Å². The Morgan fingerprint density at radius 2 is 1.17 bits per heavy atom. The standard InChI is InChI=1S/C30H24F2N2O2/c31-19-9-11-29-25(13-19)23-5-1-3-7-27(23)33(29)15-21(35-17-22-18-36-22)16-34-28-8-4-2-6-24(28)26-14-20(32)10-12-30(26)34/h1-14,21-22H,15-18H2. The Hall–Kier alpha value is -3.74. The van der Waals surface area contributed by atoms with Gasteiger partial charge in [0, 0.05) is 43.6 Å². The van der Waals surface area contributed by atoms with Gasteiger partial charge in [-0.15, -0.1) is 0 Å². The molecular formula is C30H24F2N2O2. The van der Waals surface area contributed by atoms with Gasteiger partial charge in [0.15, 0.2) is 0 Å². The number of rotatable bonds is 7. The maximum Gasteiger partial charge on any atom is 0.123 e. The summed E-state index contributed by atoms with van der Waals surface area (Å²) in [4.78, 5) is 0. The van der Waals surface area contributed by atoms with E-state index in [2.05, 4.69) is 21.3 Å². The van der Waals surface area contributed by atoms with E-state index >= 15 is 0 Å². The summed E-state index contributed by atoms with van der Waals surface area (Å²) >= 11 is 0. The lowest BCUT2D eigenvalue weighted by Gasteiger charge is -2.22. The molecule has 0 amide bonds. The predicted molar refractivity (Wildman–Crippen MR) is 138 cm³/mol. The third kappa shape index (κ3) is 3.65. The molecule has 1 aliphatic rings. The summed E-state index contributed by atoms with van der Waals surface area (Å²) in [6.07, 6.45) is -0.0608. The minimum atomic E-state index is -0.249. The summed E-state index contributed by atoms with van der Waals surface area (Å²) in [5.41, 5.74) is 4.02. The maximum absolute atomic E-state index is 14.2. The quantitative estimate of drug-likeness (QED) is 0.238. The number of fused-ring (bicyclic) bond motifs is 6. The number of benzene rings is 4. The maximum atomic E-state index is 14.2. The first kappa shape index (κ1) is 21.5. The van der Waals surface area contributed by atoms with Crippen LogP contribution in [0.1, 0.15) is 0 Å². The minimum absolute atomic E-state index is 0.131. The Labute approximate surface area is 206 Å². The third-order valence-corrected chi connectivity index (χ3v) is 7.16. The number of epoxide rings is 1. The molecule has 1 atom stereocenters. The van der Waals surface area contributed by atoms with Gasteiger partial charge in [-0.2, -0.15) is 0 Å². The number of ether oxygens (including phenoxy) is 2. The number of aromatic nitrogens is 2. The molecule has 4 aromatic carbocycles. The van der Waals surface area contributed by atoms with Gasteiger partial charge in [-0.1, -0.05) is 36.4 Å². The van der Waals surface area contributed by atoms with Crippen LogP contribution in [-0.2, 0) is 22.6 Å². The zero-order chi connectivity index (χ0) is 24.2. The van der Waals surface area contributed by atoms with Crippen molar-refractivity contribution in [1.82, 2.24) is 9.13 Å². The van der Waals surface area contributed by atoms with Gasteiger partial charge in [-0.3, -0.25) is 0 Å². The number of hydrogen-bond acceptors (Lipinski definition) is 2. The molecule has 180 valence electrons. The Morgan fingerprint density at radius 1 is 0.694 bits per heavy atom. The van der Waals surface area contributed by atoms with Crippen LogP contribution in [-0.4, -0.2) is 34.6 Å². The average molecular weight is 483 g/mol. The lowest BCUT2D eigenvalue weighted by molar-refractivity contribution is 0.0239. The Morgan fingerprint density at radius 3 is 1.67 bits per heavy atom. The molecule has 0 bridgehead atoms. The molecule has 0 saturated carbocycles. The molecule has 0 radical (unpaired) electrons. The van der Waals surface area contributed by atoms with E-state index in [1.54, 1.807) is 12.1 Å². The van der Waals surface area contributed by atoms with E-state index in [9.17, 15) is 8.78 Å².